The fourth-order valence-electron chi connectivity index (χ4n) is 5.53. The van der Waals surface area contributed by atoms with Crippen LogP contribution < -0.4 is 0 Å². The maximum Gasteiger partial charge on any atom is 0.409 e. The first-order valence-corrected chi connectivity index (χ1v) is 12.0. The van der Waals surface area contributed by atoms with Gasteiger partial charge < -0.3 is 19.3 Å². The third-order valence-corrected chi connectivity index (χ3v) is 7.59. The normalized spacial score (nSPS) is 20.5. The van der Waals surface area contributed by atoms with Crippen molar-refractivity contribution in [1.29, 1.82) is 0 Å². The summed E-state index contributed by atoms with van der Waals surface area (Å²) in [4.78, 5) is 30.5. The zero-order chi connectivity index (χ0) is 24.0. The minimum absolute atomic E-state index is 0.128. The summed E-state index contributed by atoms with van der Waals surface area (Å²) in [6, 6.07) is 12.9. The van der Waals surface area contributed by atoms with E-state index >= 15 is 0 Å². The number of hydrogen-bond donors (Lipinski definition) is 1. The number of ether oxygens (including phenoxy) is 1. The Labute approximate surface area is 199 Å². The maximum absolute atomic E-state index is 12.2. The number of aryl methyl sites for hydroxylation is 1. The van der Waals surface area contributed by atoms with Crippen LogP contribution in [0.1, 0.15) is 59.8 Å². The molecule has 1 saturated carbocycles. The van der Waals surface area contributed by atoms with Crippen molar-refractivity contribution in [1.82, 2.24) is 14.5 Å². The number of imidazole rings is 1. The molecule has 34 heavy (non-hydrogen) atoms. The Morgan fingerprint density at radius 2 is 1.97 bits per heavy atom. The zero-order valence-corrected chi connectivity index (χ0v) is 20.0. The fourth-order valence-corrected chi connectivity index (χ4v) is 5.53. The number of carbonyl (C=O) groups is 2. The molecule has 0 spiro atoms. The summed E-state index contributed by atoms with van der Waals surface area (Å²) in [5.74, 6) is 0.0765. The molecule has 7 nitrogen and oxygen atoms in total. The maximum atomic E-state index is 12.2. The molecular weight excluding hydrogens is 430 g/mol. The van der Waals surface area contributed by atoms with Crippen molar-refractivity contribution in [2.75, 3.05) is 13.7 Å². The number of benzene rings is 2. The molecular formula is C27H31N3O4. The molecule has 7 heteroatoms. The van der Waals surface area contributed by atoms with Crippen LogP contribution in [0.25, 0.3) is 11.0 Å². The number of carbonyl (C=O) groups excluding carboxylic acids is 1. The lowest BCUT2D eigenvalue weighted by atomic mass is 9.74. The average molecular weight is 462 g/mol. The van der Waals surface area contributed by atoms with Crippen molar-refractivity contribution in [3.8, 4) is 0 Å². The van der Waals surface area contributed by atoms with E-state index in [1.807, 2.05) is 0 Å². The molecule has 1 amide bonds. The number of aromatic nitrogens is 2. The SMILES string of the molecule is COC(=O)N1CCc2ccc3c(nc([C@H]4C[C@@H](C(=O)O)C4)n3[C@H](C)Cc3ccccc3C)c2C1. The van der Waals surface area contributed by atoms with Gasteiger partial charge in [0.25, 0.3) is 0 Å². The van der Waals surface area contributed by atoms with Crippen molar-refractivity contribution < 1.29 is 19.4 Å². The Balaban J connectivity index is 1.58. The number of hydrogen-bond acceptors (Lipinski definition) is 4. The number of amides is 1. The zero-order valence-electron chi connectivity index (χ0n) is 20.0. The molecule has 0 radical (unpaired) electrons. The molecule has 1 fully saturated rings. The van der Waals surface area contributed by atoms with Gasteiger partial charge in [0, 0.05) is 24.1 Å². The minimum atomic E-state index is -0.724. The van der Waals surface area contributed by atoms with E-state index in [2.05, 4.69) is 54.8 Å². The van der Waals surface area contributed by atoms with Gasteiger partial charge in [-0.1, -0.05) is 30.3 Å². The fraction of sp³-hybridized carbons (Fsp3) is 0.444. The molecule has 1 aliphatic heterocycles. The Morgan fingerprint density at radius 1 is 1.21 bits per heavy atom. The van der Waals surface area contributed by atoms with E-state index in [0.717, 1.165) is 35.3 Å². The van der Waals surface area contributed by atoms with Crippen molar-refractivity contribution in [3.63, 3.8) is 0 Å². The van der Waals surface area contributed by atoms with E-state index in [4.69, 9.17) is 9.72 Å². The highest BCUT2D eigenvalue weighted by atomic mass is 16.5. The predicted molar refractivity (Wildman–Crippen MR) is 129 cm³/mol. The number of aliphatic carboxylic acids is 1. The number of nitrogens with zero attached hydrogens (tertiary/aromatic N) is 3. The first-order chi connectivity index (χ1) is 16.4. The lowest BCUT2D eigenvalue weighted by Crippen LogP contribution is -2.35. The van der Waals surface area contributed by atoms with Gasteiger partial charge in [-0.05, 0) is 62.3 Å². The number of methoxy groups -OCH3 is 1. The number of carboxylic acids is 1. The van der Waals surface area contributed by atoms with Gasteiger partial charge >= 0.3 is 12.1 Å². The summed E-state index contributed by atoms with van der Waals surface area (Å²) in [7, 11) is 1.41. The Morgan fingerprint density at radius 3 is 2.68 bits per heavy atom. The van der Waals surface area contributed by atoms with Crippen LogP contribution in [0.3, 0.4) is 0 Å². The lowest BCUT2D eigenvalue weighted by molar-refractivity contribution is -0.145. The number of fused-ring (bicyclic) bond motifs is 3. The van der Waals surface area contributed by atoms with Gasteiger partial charge in [-0.15, -0.1) is 0 Å². The smallest absolute Gasteiger partial charge is 0.409 e. The minimum Gasteiger partial charge on any atom is -0.481 e. The first kappa shape index (κ1) is 22.4. The van der Waals surface area contributed by atoms with Gasteiger partial charge in [0.1, 0.15) is 5.82 Å². The predicted octanol–water partition coefficient (Wildman–Crippen LogP) is 4.85. The molecule has 5 rings (SSSR count). The van der Waals surface area contributed by atoms with Gasteiger partial charge in [-0.3, -0.25) is 4.79 Å². The molecule has 2 heterocycles. The van der Waals surface area contributed by atoms with Crippen LogP contribution in [0.15, 0.2) is 36.4 Å². The summed E-state index contributed by atoms with van der Waals surface area (Å²) in [6.45, 7) is 5.45. The van der Waals surface area contributed by atoms with E-state index in [1.54, 1.807) is 4.90 Å². The van der Waals surface area contributed by atoms with Crippen LogP contribution >= 0.6 is 0 Å². The van der Waals surface area contributed by atoms with Crippen LogP contribution in [0.2, 0.25) is 0 Å². The average Bonchev–Trinajstić information content (AvgIpc) is 3.18. The highest BCUT2D eigenvalue weighted by Crippen LogP contribution is 2.44. The van der Waals surface area contributed by atoms with Gasteiger partial charge in [0.15, 0.2) is 0 Å². The van der Waals surface area contributed by atoms with Crippen molar-refractivity contribution >= 4 is 23.1 Å². The second-order valence-corrected chi connectivity index (χ2v) is 9.74. The highest BCUT2D eigenvalue weighted by molar-refractivity contribution is 5.83. The van der Waals surface area contributed by atoms with E-state index in [1.165, 1.54) is 23.8 Å². The summed E-state index contributed by atoms with van der Waals surface area (Å²) in [5, 5.41) is 9.43. The molecule has 1 N–H and O–H groups in total. The molecule has 2 aliphatic rings. The molecule has 1 atom stereocenters. The Hall–Kier alpha value is -3.35. The lowest BCUT2D eigenvalue weighted by Gasteiger charge is -2.33. The number of carboxylic acid groups (broad SMARTS) is 1. The Kier molecular flexibility index (Phi) is 5.80. The van der Waals surface area contributed by atoms with E-state index in [0.29, 0.717) is 25.9 Å². The first-order valence-electron chi connectivity index (χ1n) is 12.0. The third-order valence-electron chi connectivity index (χ3n) is 7.59. The van der Waals surface area contributed by atoms with Crippen molar-refractivity contribution in [3.05, 3.63) is 64.5 Å². The summed E-state index contributed by atoms with van der Waals surface area (Å²) in [6.07, 6.45) is 2.55. The summed E-state index contributed by atoms with van der Waals surface area (Å²) in [5.41, 5.74) is 6.84. The quantitative estimate of drug-likeness (QED) is 0.587. The van der Waals surface area contributed by atoms with Crippen LogP contribution in [-0.4, -0.2) is 45.3 Å². The summed E-state index contributed by atoms with van der Waals surface area (Å²) < 4.78 is 7.29. The van der Waals surface area contributed by atoms with Gasteiger partial charge in [0.2, 0.25) is 0 Å². The van der Waals surface area contributed by atoms with Gasteiger partial charge in [-0.25, -0.2) is 9.78 Å². The van der Waals surface area contributed by atoms with Crippen molar-refractivity contribution in [2.24, 2.45) is 5.92 Å². The highest BCUT2D eigenvalue weighted by Gasteiger charge is 2.39. The second kappa shape index (κ2) is 8.78. The van der Waals surface area contributed by atoms with Crippen LogP contribution in [0.5, 0.6) is 0 Å². The van der Waals surface area contributed by atoms with Crippen LogP contribution in [0.4, 0.5) is 4.79 Å². The standard InChI is InChI=1S/C27H31N3O4/c1-16-6-4-5-7-19(16)12-17(2)30-23-9-8-18-10-11-29(27(33)34-3)15-22(18)24(23)28-25(30)20-13-21(14-20)26(31)32/h4-9,17,20-21H,10-15H2,1-3H3,(H,31,32)/t17-,20-,21+/m1/s1. The largest absolute Gasteiger partial charge is 0.481 e. The van der Waals surface area contributed by atoms with E-state index in [9.17, 15) is 14.7 Å². The monoisotopic (exact) mass is 461 g/mol. The summed E-state index contributed by atoms with van der Waals surface area (Å²) >= 11 is 0. The molecule has 178 valence electrons. The van der Waals surface area contributed by atoms with E-state index < -0.39 is 5.97 Å². The van der Waals surface area contributed by atoms with E-state index in [-0.39, 0.29) is 24.0 Å². The molecule has 1 aromatic heterocycles. The second-order valence-electron chi connectivity index (χ2n) is 9.74. The molecule has 2 aromatic carbocycles. The molecule has 0 saturated heterocycles. The topological polar surface area (TPSA) is 84.7 Å². The Bertz CT molecular complexity index is 1260. The van der Waals surface area contributed by atoms with Gasteiger partial charge in [-0.2, -0.15) is 0 Å². The van der Waals surface area contributed by atoms with Crippen LogP contribution in [0, 0.1) is 12.8 Å². The van der Waals surface area contributed by atoms with Crippen molar-refractivity contribution in [2.45, 2.75) is 58.0 Å². The molecule has 0 bridgehead atoms. The van der Waals surface area contributed by atoms with Crippen LogP contribution in [-0.2, 0) is 28.9 Å². The number of rotatable bonds is 5. The third kappa shape index (κ3) is 3.83. The molecule has 3 aromatic rings. The molecule has 1 aliphatic carbocycles. The molecule has 0 unspecified atom stereocenters. The van der Waals surface area contributed by atoms with Gasteiger partial charge in [0.05, 0.1) is 30.6 Å².